The van der Waals surface area contributed by atoms with Gasteiger partial charge in [0.2, 0.25) is 0 Å². The molecule has 1 aliphatic carbocycles. The molecule has 0 bridgehead atoms. The molecule has 1 saturated carbocycles. The predicted molar refractivity (Wildman–Crippen MR) is 64.5 cm³/mol. The maximum absolute atomic E-state index is 13.8. The van der Waals surface area contributed by atoms with Crippen molar-refractivity contribution >= 4 is 5.82 Å². The standard InChI is InChI=1S/C13H13FN2O2/c14-10-5-9(12-6-13(15)16-18-12)3-4-11(10)17-7-8-1-2-8/h3-6,8H,1-2,7H2,(H2,15,16). The molecular weight excluding hydrogens is 235 g/mol. The van der Waals surface area contributed by atoms with E-state index in [1.54, 1.807) is 18.2 Å². The molecule has 2 aromatic rings. The SMILES string of the molecule is Nc1cc(-c2ccc(OCC3CC3)c(F)c2)on1. The Hall–Kier alpha value is -2.04. The number of nitrogen functional groups attached to an aromatic ring is 1. The van der Waals surface area contributed by atoms with E-state index < -0.39 is 5.82 Å². The highest BCUT2D eigenvalue weighted by Gasteiger charge is 2.22. The van der Waals surface area contributed by atoms with Crippen molar-refractivity contribution in [3.8, 4) is 17.1 Å². The number of ether oxygens (including phenoxy) is 1. The van der Waals surface area contributed by atoms with E-state index in [9.17, 15) is 4.39 Å². The Morgan fingerprint density at radius 2 is 2.22 bits per heavy atom. The number of aromatic nitrogens is 1. The topological polar surface area (TPSA) is 61.3 Å². The van der Waals surface area contributed by atoms with Crippen molar-refractivity contribution in [3.63, 3.8) is 0 Å². The quantitative estimate of drug-likeness (QED) is 0.903. The van der Waals surface area contributed by atoms with Crippen LogP contribution in [0.4, 0.5) is 10.2 Å². The zero-order valence-electron chi connectivity index (χ0n) is 9.73. The van der Waals surface area contributed by atoms with Crippen molar-refractivity contribution in [1.82, 2.24) is 5.16 Å². The fourth-order valence-electron chi connectivity index (χ4n) is 1.69. The van der Waals surface area contributed by atoms with Gasteiger partial charge in [-0.3, -0.25) is 0 Å². The molecule has 3 rings (SSSR count). The van der Waals surface area contributed by atoms with Crippen LogP contribution in [0.5, 0.6) is 5.75 Å². The lowest BCUT2D eigenvalue weighted by atomic mass is 10.1. The molecule has 0 unspecified atom stereocenters. The number of benzene rings is 1. The van der Waals surface area contributed by atoms with Crippen LogP contribution < -0.4 is 10.5 Å². The van der Waals surface area contributed by atoms with Gasteiger partial charge < -0.3 is 15.0 Å². The third-order valence-corrected chi connectivity index (χ3v) is 2.92. The van der Waals surface area contributed by atoms with Gasteiger partial charge in [-0.25, -0.2) is 4.39 Å². The fraction of sp³-hybridized carbons (Fsp3) is 0.308. The summed E-state index contributed by atoms with van der Waals surface area (Å²) >= 11 is 0. The van der Waals surface area contributed by atoms with E-state index >= 15 is 0 Å². The molecule has 5 heteroatoms. The van der Waals surface area contributed by atoms with Crippen molar-refractivity contribution in [2.24, 2.45) is 5.92 Å². The molecule has 2 N–H and O–H groups in total. The maximum atomic E-state index is 13.8. The summed E-state index contributed by atoms with van der Waals surface area (Å²) in [6.45, 7) is 0.589. The fourth-order valence-corrected chi connectivity index (χ4v) is 1.69. The van der Waals surface area contributed by atoms with Gasteiger partial charge in [0.25, 0.3) is 0 Å². The molecule has 0 atom stereocenters. The van der Waals surface area contributed by atoms with Gasteiger partial charge in [0.05, 0.1) is 6.61 Å². The number of hydrogen-bond donors (Lipinski definition) is 1. The van der Waals surface area contributed by atoms with E-state index in [0.717, 1.165) is 0 Å². The van der Waals surface area contributed by atoms with Crippen molar-refractivity contribution in [3.05, 3.63) is 30.1 Å². The zero-order valence-corrected chi connectivity index (χ0v) is 9.73. The average molecular weight is 248 g/mol. The van der Waals surface area contributed by atoms with Gasteiger partial charge in [-0.15, -0.1) is 0 Å². The molecule has 1 aromatic carbocycles. The van der Waals surface area contributed by atoms with E-state index in [1.165, 1.54) is 18.9 Å². The first-order chi connectivity index (χ1) is 8.72. The highest BCUT2D eigenvalue weighted by molar-refractivity contribution is 5.61. The van der Waals surface area contributed by atoms with Crippen LogP contribution in [-0.4, -0.2) is 11.8 Å². The molecule has 0 aliphatic heterocycles. The summed E-state index contributed by atoms with van der Waals surface area (Å²) in [5.41, 5.74) is 6.04. The lowest BCUT2D eigenvalue weighted by Crippen LogP contribution is -2.00. The van der Waals surface area contributed by atoms with Gasteiger partial charge in [0, 0.05) is 11.6 Å². The summed E-state index contributed by atoms with van der Waals surface area (Å²) in [4.78, 5) is 0. The van der Waals surface area contributed by atoms with E-state index in [2.05, 4.69) is 5.16 Å². The highest BCUT2D eigenvalue weighted by Crippen LogP contribution is 2.31. The molecule has 94 valence electrons. The summed E-state index contributed by atoms with van der Waals surface area (Å²) in [5, 5.41) is 3.56. The van der Waals surface area contributed by atoms with Crippen LogP contribution in [0, 0.1) is 11.7 Å². The van der Waals surface area contributed by atoms with Crippen LogP contribution in [0.2, 0.25) is 0 Å². The van der Waals surface area contributed by atoms with E-state index in [1.807, 2.05) is 0 Å². The van der Waals surface area contributed by atoms with Gasteiger partial charge in [0.15, 0.2) is 23.1 Å². The van der Waals surface area contributed by atoms with Crippen LogP contribution in [0.25, 0.3) is 11.3 Å². The number of hydrogen-bond acceptors (Lipinski definition) is 4. The smallest absolute Gasteiger partial charge is 0.169 e. The Kier molecular flexibility index (Phi) is 2.66. The molecule has 18 heavy (non-hydrogen) atoms. The Morgan fingerprint density at radius 1 is 1.39 bits per heavy atom. The first kappa shape index (κ1) is 11.1. The predicted octanol–water partition coefficient (Wildman–Crippen LogP) is 2.85. The molecular formula is C13H13FN2O2. The van der Waals surface area contributed by atoms with Crippen LogP contribution in [-0.2, 0) is 0 Å². The van der Waals surface area contributed by atoms with E-state index in [4.69, 9.17) is 15.0 Å². The Bertz CT molecular complexity index is 564. The average Bonchev–Trinajstić information content (AvgIpc) is 3.08. The Morgan fingerprint density at radius 3 is 2.83 bits per heavy atom. The van der Waals surface area contributed by atoms with E-state index in [-0.39, 0.29) is 11.6 Å². The second kappa shape index (κ2) is 4.33. The monoisotopic (exact) mass is 248 g/mol. The minimum absolute atomic E-state index is 0.276. The number of rotatable bonds is 4. The van der Waals surface area contributed by atoms with Crippen molar-refractivity contribution in [1.29, 1.82) is 0 Å². The largest absolute Gasteiger partial charge is 0.490 e. The Balaban J connectivity index is 1.79. The van der Waals surface area contributed by atoms with Gasteiger partial charge in [0.1, 0.15) is 0 Å². The third-order valence-electron chi connectivity index (χ3n) is 2.92. The minimum atomic E-state index is -0.400. The maximum Gasteiger partial charge on any atom is 0.169 e. The first-order valence-corrected chi connectivity index (χ1v) is 5.87. The lowest BCUT2D eigenvalue weighted by Gasteiger charge is -2.06. The first-order valence-electron chi connectivity index (χ1n) is 5.87. The number of nitrogens with two attached hydrogens (primary N) is 1. The summed E-state index contributed by atoms with van der Waals surface area (Å²) in [6.07, 6.45) is 2.36. The molecule has 1 aliphatic rings. The van der Waals surface area contributed by atoms with Gasteiger partial charge in [-0.2, -0.15) is 0 Å². The second-order valence-corrected chi connectivity index (χ2v) is 4.52. The molecule has 1 fully saturated rings. The van der Waals surface area contributed by atoms with Crippen LogP contribution >= 0.6 is 0 Å². The highest BCUT2D eigenvalue weighted by atomic mass is 19.1. The van der Waals surface area contributed by atoms with Crippen molar-refractivity contribution in [2.45, 2.75) is 12.8 Å². The number of anilines is 1. The van der Waals surface area contributed by atoms with Gasteiger partial charge in [-0.05, 0) is 37.0 Å². The summed E-state index contributed by atoms with van der Waals surface area (Å²) in [6, 6.07) is 6.25. The molecule has 0 saturated heterocycles. The second-order valence-electron chi connectivity index (χ2n) is 4.52. The van der Waals surface area contributed by atoms with Gasteiger partial charge >= 0.3 is 0 Å². The summed E-state index contributed by atoms with van der Waals surface area (Å²) in [5.74, 6) is 1.19. The number of nitrogens with zero attached hydrogens (tertiary/aromatic N) is 1. The van der Waals surface area contributed by atoms with Crippen LogP contribution in [0.15, 0.2) is 28.8 Å². The Labute approximate surface area is 104 Å². The third kappa shape index (κ3) is 2.30. The zero-order chi connectivity index (χ0) is 12.5. The summed E-state index contributed by atoms with van der Waals surface area (Å²) in [7, 11) is 0. The minimum Gasteiger partial charge on any atom is -0.490 e. The van der Waals surface area contributed by atoms with E-state index in [0.29, 0.717) is 23.8 Å². The number of halogens is 1. The lowest BCUT2D eigenvalue weighted by molar-refractivity contribution is 0.285. The molecule has 1 heterocycles. The van der Waals surface area contributed by atoms with Crippen LogP contribution in [0.1, 0.15) is 12.8 Å². The molecule has 1 aromatic heterocycles. The van der Waals surface area contributed by atoms with Crippen molar-refractivity contribution in [2.75, 3.05) is 12.3 Å². The van der Waals surface area contributed by atoms with Crippen LogP contribution in [0.3, 0.4) is 0 Å². The normalized spacial score (nSPS) is 14.7. The molecule has 0 amide bonds. The molecule has 0 radical (unpaired) electrons. The van der Waals surface area contributed by atoms with Gasteiger partial charge in [-0.1, -0.05) is 5.16 Å². The molecule has 4 nitrogen and oxygen atoms in total. The van der Waals surface area contributed by atoms with Crippen molar-refractivity contribution < 1.29 is 13.7 Å². The summed E-state index contributed by atoms with van der Waals surface area (Å²) < 4.78 is 24.2. The molecule has 0 spiro atoms.